The van der Waals surface area contributed by atoms with Gasteiger partial charge in [-0.05, 0) is 26.0 Å². The van der Waals surface area contributed by atoms with Crippen LogP contribution < -0.4 is 10.1 Å². The van der Waals surface area contributed by atoms with E-state index in [-0.39, 0.29) is 0 Å². The van der Waals surface area contributed by atoms with Crippen molar-refractivity contribution in [2.75, 3.05) is 26.9 Å². The van der Waals surface area contributed by atoms with Gasteiger partial charge in [-0.15, -0.1) is 11.8 Å². The number of nitrogens with zero attached hydrogens (tertiary/aromatic N) is 1. The zero-order chi connectivity index (χ0) is 13.9. The number of nitrogens with one attached hydrogen (secondary N) is 1. The molecular formula is C15H22N2O2. The van der Waals surface area contributed by atoms with Crippen LogP contribution in [0.25, 0.3) is 0 Å². The lowest BCUT2D eigenvalue weighted by Gasteiger charge is -2.11. The Balaban J connectivity index is 2.54. The fourth-order valence-electron chi connectivity index (χ4n) is 1.57. The summed E-state index contributed by atoms with van der Waals surface area (Å²) in [6.45, 7) is 6.57. The van der Waals surface area contributed by atoms with Gasteiger partial charge < -0.3 is 14.8 Å². The summed E-state index contributed by atoms with van der Waals surface area (Å²) in [5.41, 5.74) is 1.92. The molecule has 0 saturated heterocycles. The molecule has 0 aromatic carbocycles. The second kappa shape index (κ2) is 9.37. The summed E-state index contributed by atoms with van der Waals surface area (Å²) in [7, 11) is 1.69. The molecule has 0 spiro atoms. The van der Waals surface area contributed by atoms with E-state index in [1.54, 1.807) is 7.11 Å². The first-order chi connectivity index (χ1) is 9.27. The van der Waals surface area contributed by atoms with Gasteiger partial charge in [0.05, 0.1) is 18.9 Å². The van der Waals surface area contributed by atoms with E-state index in [2.05, 4.69) is 22.1 Å². The molecule has 0 amide bonds. The SMILES string of the molecule is CC#CCCOc1ccc(C)nc1CNCCOC. The normalized spacial score (nSPS) is 9.84. The molecule has 0 radical (unpaired) electrons. The Labute approximate surface area is 115 Å². The van der Waals surface area contributed by atoms with Crippen molar-refractivity contribution in [1.82, 2.24) is 10.3 Å². The van der Waals surface area contributed by atoms with E-state index in [1.807, 2.05) is 26.0 Å². The molecule has 19 heavy (non-hydrogen) atoms. The molecule has 0 unspecified atom stereocenters. The van der Waals surface area contributed by atoms with Gasteiger partial charge in [0.2, 0.25) is 0 Å². The fourth-order valence-corrected chi connectivity index (χ4v) is 1.57. The molecule has 0 bridgehead atoms. The minimum Gasteiger partial charge on any atom is -0.491 e. The van der Waals surface area contributed by atoms with Crippen molar-refractivity contribution < 1.29 is 9.47 Å². The number of ether oxygens (including phenoxy) is 2. The van der Waals surface area contributed by atoms with Crippen molar-refractivity contribution in [1.29, 1.82) is 0 Å². The molecule has 1 aromatic rings. The first kappa shape index (κ1) is 15.5. The number of methoxy groups -OCH3 is 1. The molecule has 4 nitrogen and oxygen atoms in total. The molecule has 1 aromatic heterocycles. The zero-order valence-electron chi connectivity index (χ0n) is 12.0. The number of aryl methyl sites for hydroxylation is 1. The Morgan fingerprint density at radius 2 is 2.16 bits per heavy atom. The summed E-state index contributed by atoms with van der Waals surface area (Å²) in [6.07, 6.45) is 0.737. The second-order valence-electron chi connectivity index (χ2n) is 4.09. The number of pyridine rings is 1. The third-order valence-electron chi connectivity index (χ3n) is 2.51. The van der Waals surface area contributed by atoms with Crippen molar-refractivity contribution >= 4 is 0 Å². The van der Waals surface area contributed by atoms with Gasteiger partial charge in [0, 0.05) is 32.3 Å². The third-order valence-corrected chi connectivity index (χ3v) is 2.51. The number of hydrogen-bond donors (Lipinski definition) is 1. The highest BCUT2D eigenvalue weighted by Crippen LogP contribution is 2.16. The predicted octanol–water partition coefficient (Wildman–Crippen LogP) is 1.92. The van der Waals surface area contributed by atoms with Crippen LogP contribution in [-0.2, 0) is 11.3 Å². The molecule has 0 aliphatic carbocycles. The van der Waals surface area contributed by atoms with E-state index in [9.17, 15) is 0 Å². The summed E-state index contributed by atoms with van der Waals surface area (Å²) in [4.78, 5) is 4.51. The number of hydrogen-bond acceptors (Lipinski definition) is 4. The van der Waals surface area contributed by atoms with Crippen molar-refractivity contribution in [2.45, 2.75) is 26.8 Å². The van der Waals surface area contributed by atoms with E-state index in [4.69, 9.17) is 9.47 Å². The molecule has 0 saturated carbocycles. The Morgan fingerprint density at radius 3 is 2.89 bits per heavy atom. The molecular weight excluding hydrogens is 240 g/mol. The Kier molecular flexibility index (Phi) is 7.64. The van der Waals surface area contributed by atoms with E-state index < -0.39 is 0 Å². The minimum atomic E-state index is 0.594. The van der Waals surface area contributed by atoms with Crippen LogP contribution in [0.1, 0.15) is 24.7 Å². The van der Waals surface area contributed by atoms with Gasteiger partial charge in [0.25, 0.3) is 0 Å². The maximum Gasteiger partial charge on any atom is 0.142 e. The maximum atomic E-state index is 5.71. The lowest BCUT2D eigenvalue weighted by Crippen LogP contribution is -2.20. The van der Waals surface area contributed by atoms with E-state index in [1.165, 1.54) is 0 Å². The van der Waals surface area contributed by atoms with Crippen molar-refractivity contribution in [2.24, 2.45) is 0 Å². The van der Waals surface area contributed by atoms with Crippen molar-refractivity contribution in [3.05, 3.63) is 23.5 Å². The van der Waals surface area contributed by atoms with E-state index in [0.717, 1.165) is 30.1 Å². The van der Waals surface area contributed by atoms with Gasteiger partial charge in [-0.25, -0.2) is 0 Å². The van der Waals surface area contributed by atoms with Gasteiger partial charge in [0.15, 0.2) is 0 Å². The molecule has 1 N–H and O–H groups in total. The highest BCUT2D eigenvalue weighted by atomic mass is 16.5. The summed E-state index contributed by atoms with van der Waals surface area (Å²) in [6, 6.07) is 3.93. The van der Waals surface area contributed by atoms with Crippen molar-refractivity contribution in [3.63, 3.8) is 0 Å². The summed E-state index contributed by atoms with van der Waals surface area (Å²) in [5.74, 6) is 6.66. The zero-order valence-corrected chi connectivity index (χ0v) is 12.0. The third kappa shape index (κ3) is 6.23. The van der Waals surface area contributed by atoms with E-state index >= 15 is 0 Å². The van der Waals surface area contributed by atoms with Gasteiger partial charge in [-0.3, -0.25) is 4.98 Å². The van der Waals surface area contributed by atoms with Crippen LogP contribution in [0.15, 0.2) is 12.1 Å². The van der Waals surface area contributed by atoms with Crippen LogP contribution in [0.5, 0.6) is 5.75 Å². The van der Waals surface area contributed by atoms with Crippen LogP contribution in [0.4, 0.5) is 0 Å². The van der Waals surface area contributed by atoms with Gasteiger partial charge in [-0.1, -0.05) is 0 Å². The molecule has 0 fully saturated rings. The van der Waals surface area contributed by atoms with Crippen LogP contribution in [0, 0.1) is 18.8 Å². The van der Waals surface area contributed by atoms with Gasteiger partial charge >= 0.3 is 0 Å². The smallest absolute Gasteiger partial charge is 0.142 e. The second-order valence-corrected chi connectivity index (χ2v) is 4.09. The van der Waals surface area contributed by atoms with Crippen LogP contribution in [-0.4, -0.2) is 31.9 Å². The monoisotopic (exact) mass is 262 g/mol. The summed E-state index contributed by atoms with van der Waals surface area (Å²) in [5, 5.41) is 3.28. The van der Waals surface area contributed by atoms with Gasteiger partial charge in [-0.2, -0.15) is 0 Å². The molecule has 4 heteroatoms. The highest BCUT2D eigenvalue weighted by Gasteiger charge is 2.05. The quantitative estimate of drug-likeness (QED) is 0.574. The standard InChI is InChI=1S/C15H22N2O2/c1-4-5-6-10-19-15-8-7-13(2)17-14(15)12-16-9-11-18-3/h7-8,16H,6,9-12H2,1-3H3. The average Bonchev–Trinajstić information content (AvgIpc) is 2.41. The lowest BCUT2D eigenvalue weighted by atomic mass is 10.2. The first-order valence-corrected chi connectivity index (χ1v) is 6.46. The van der Waals surface area contributed by atoms with E-state index in [0.29, 0.717) is 19.8 Å². The van der Waals surface area contributed by atoms with Crippen LogP contribution in [0.2, 0.25) is 0 Å². The molecule has 104 valence electrons. The Bertz CT molecular complexity index is 436. The van der Waals surface area contributed by atoms with Crippen molar-refractivity contribution in [3.8, 4) is 17.6 Å². The first-order valence-electron chi connectivity index (χ1n) is 6.46. The molecule has 0 aliphatic rings. The highest BCUT2D eigenvalue weighted by molar-refractivity contribution is 5.29. The minimum absolute atomic E-state index is 0.594. The van der Waals surface area contributed by atoms with Crippen LogP contribution >= 0.6 is 0 Å². The molecule has 0 aliphatic heterocycles. The fraction of sp³-hybridized carbons (Fsp3) is 0.533. The summed E-state index contributed by atoms with van der Waals surface area (Å²) >= 11 is 0. The number of rotatable bonds is 8. The van der Waals surface area contributed by atoms with Crippen LogP contribution in [0.3, 0.4) is 0 Å². The molecule has 0 atom stereocenters. The summed E-state index contributed by atoms with van der Waals surface area (Å²) < 4.78 is 10.7. The Hall–Kier alpha value is -1.57. The van der Waals surface area contributed by atoms with Gasteiger partial charge in [0.1, 0.15) is 5.75 Å². The number of aromatic nitrogens is 1. The average molecular weight is 262 g/mol. The lowest BCUT2D eigenvalue weighted by molar-refractivity contribution is 0.199. The molecule has 1 rings (SSSR count). The predicted molar refractivity (Wildman–Crippen MR) is 76.1 cm³/mol. The topological polar surface area (TPSA) is 43.4 Å². The Morgan fingerprint density at radius 1 is 1.32 bits per heavy atom. The molecule has 1 heterocycles. The maximum absolute atomic E-state index is 5.71. The largest absolute Gasteiger partial charge is 0.491 e.